The van der Waals surface area contributed by atoms with Crippen molar-refractivity contribution in [3.05, 3.63) is 0 Å². The van der Waals surface area contributed by atoms with Crippen molar-refractivity contribution in [1.82, 2.24) is 4.90 Å². The molecule has 92 valence electrons. The van der Waals surface area contributed by atoms with Crippen LogP contribution in [0, 0.1) is 0 Å². The van der Waals surface area contributed by atoms with Crippen molar-refractivity contribution in [1.29, 1.82) is 0 Å². The Labute approximate surface area is 96.8 Å². The Hall–Kier alpha value is -0.610. The summed E-state index contributed by atoms with van der Waals surface area (Å²) in [6, 6.07) is 0. The second kappa shape index (κ2) is 4.72. The number of rotatable bonds is 1. The van der Waals surface area contributed by atoms with Gasteiger partial charge in [0.25, 0.3) is 0 Å². The molecule has 0 atom stereocenters. The molecule has 4 nitrogen and oxygen atoms in total. The minimum atomic E-state index is -0.611. The largest absolute Gasteiger partial charge is 0.393 e. The lowest BCUT2D eigenvalue weighted by Crippen LogP contribution is -2.57. The van der Waals surface area contributed by atoms with Crippen molar-refractivity contribution in [3.63, 3.8) is 0 Å². The lowest BCUT2D eigenvalue weighted by molar-refractivity contribution is -0.140. The Bertz CT molecular complexity index is 254. The number of likely N-dealkylation sites (tertiary alicyclic amines) is 1. The van der Waals surface area contributed by atoms with E-state index < -0.39 is 5.54 Å². The molecule has 2 rings (SSSR count). The molecule has 0 aromatic carbocycles. The summed E-state index contributed by atoms with van der Waals surface area (Å²) in [6.45, 7) is 1.33. The zero-order valence-corrected chi connectivity index (χ0v) is 9.82. The van der Waals surface area contributed by atoms with Gasteiger partial charge in [0.2, 0.25) is 5.91 Å². The molecule has 2 aliphatic rings. The van der Waals surface area contributed by atoms with Crippen LogP contribution < -0.4 is 5.73 Å². The average Bonchev–Trinajstić information content (AvgIpc) is 2.30. The van der Waals surface area contributed by atoms with E-state index in [1.807, 2.05) is 4.90 Å². The number of aliphatic hydroxyl groups is 1. The van der Waals surface area contributed by atoms with Gasteiger partial charge in [0.05, 0.1) is 11.6 Å². The van der Waals surface area contributed by atoms with Gasteiger partial charge in [-0.1, -0.05) is 19.3 Å². The summed E-state index contributed by atoms with van der Waals surface area (Å²) in [5.41, 5.74) is 5.60. The molecule has 1 heterocycles. The second-order valence-corrected chi connectivity index (χ2v) is 5.24. The molecule has 1 amide bonds. The van der Waals surface area contributed by atoms with Gasteiger partial charge in [-0.2, -0.15) is 0 Å². The van der Waals surface area contributed by atoms with E-state index in [0.29, 0.717) is 25.9 Å². The van der Waals surface area contributed by atoms with Crippen molar-refractivity contribution in [2.24, 2.45) is 5.73 Å². The molecule has 1 aliphatic carbocycles. The summed E-state index contributed by atoms with van der Waals surface area (Å²) in [5.74, 6) is 0.110. The van der Waals surface area contributed by atoms with Crippen LogP contribution >= 0.6 is 0 Å². The van der Waals surface area contributed by atoms with Gasteiger partial charge >= 0.3 is 0 Å². The van der Waals surface area contributed by atoms with E-state index in [4.69, 9.17) is 5.73 Å². The third-order valence-electron chi connectivity index (χ3n) is 3.92. The first-order chi connectivity index (χ1) is 7.62. The van der Waals surface area contributed by atoms with Crippen LogP contribution in [0.1, 0.15) is 44.9 Å². The van der Waals surface area contributed by atoms with E-state index in [1.54, 1.807) is 0 Å². The maximum atomic E-state index is 12.3. The van der Waals surface area contributed by atoms with Gasteiger partial charge in [-0.15, -0.1) is 0 Å². The predicted molar refractivity (Wildman–Crippen MR) is 61.8 cm³/mol. The summed E-state index contributed by atoms with van der Waals surface area (Å²) >= 11 is 0. The Morgan fingerprint density at radius 2 is 1.75 bits per heavy atom. The number of hydrogen-bond acceptors (Lipinski definition) is 3. The van der Waals surface area contributed by atoms with Crippen LogP contribution in [0.2, 0.25) is 0 Å². The third-order valence-corrected chi connectivity index (χ3v) is 3.92. The van der Waals surface area contributed by atoms with Crippen molar-refractivity contribution < 1.29 is 9.90 Å². The zero-order chi connectivity index (χ0) is 11.6. The lowest BCUT2D eigenvalue weighted by Gasteiger charge is -2.39. The molecule has 4 heteroatoms. The zero-order valence-electron chi connectivity index (χ0n) is 9.82. The predicted octanol–water partition coefficient (Wildman–Crippen LogP) is 0.631. The van der Waals surface area contributed by atoms with Crippen LogP contribution in [0.3, 0.4) is 0 Å². The number of carbonyl (C=O) groups excluding carboxylic acids is 1. The minimum absolute atomic E-state index is 0.110. The molecular weight excluding hydrogens is 204 g/mol. The van der Waals surface area contributed by atoms with Gasteiger partial charge in [-0.3, -0.25) is 4.79 Å². The fourth-order valence-electron chi connectivity index (χ4n) is 2.78. The number of amides is 1. The van der Waals surface area contributed by atoms with Crippen molar-refractivity contribution >= 4 is 5.91 Å². The molecule has 0 aromatic rings. The van der Waals surface area contributed by atoms with Crippen LogP contribution in [-0.2, 0) is 4.79 Å². The number of nitrogens with two attached hydrogens (primary N) is 1. The summed E-state index contributed by atoms with van der Waals surface area (Å²) < 4.78 is 0. The van der Waals surface area contributed by atoms with E-state index in [-0.39, 0.29) is 12.0 Å². The number of hydrogen-bond donors (Lipinski definition) is 2. The molecule has 0 aromatic heterocycles. The third kappa shape index (κ3) is 2.38. The first-order valence-corrected chi connectivity index (χ1v) is 6.38. The maximum Gasteiger partial charge on any atom is 0.242 e. The maximum absolute atomic E-state index is 12.3. The van der Waals surface area contributed by atoms with E-state index in [0.717, 1.165) is 25.7 Å². The number of aliphatic hydroxyl groups excluding tert-OH is 1. The fraction of sp³-hybridized carbons (Fsp3) is 0.917. The smallest absolute Gasteiger partial charge is 0.242 e. The van der Waals surface area contributed by atoms with Crippen molar-refractivity contribution in [2.75, 3.05) is 13.1 Å². The second-order valence-electron chi connectivity index (χ2n) is 5.24. The highest BCUT2D eigenvalue weighted by Crippen LogP contribution is 2.28. The van der Waals surface area contributed by atoms with Crippen LogP contribution in [0.4, 0.5) is 0 Å². The highest BCUT2D eigenvalue weighted by atomic mass is 16.3. The highest BCUT2D eigenvalue weighted by Gasteiger charge is 2.39. The van der Waals surface area contributed by atoms with Crippen LogP contribution in [-0.4, -0.2) is 40.6 Å². The summed E-state index contributed by atoms with van der Waals surface area (Å²) in [7, 11) is 0. The average molecular weight is 226 g/mol. The molecule has 1 saturated carbocycles. The number of nitrogens with zero attached hydrogens (tertiary/aromatic N) is 1. The topological polar surface area (TPSA) is 66.6 Å². The lowest BCUT2D eigenvalue weighted by atomic mass is 9.81. The van der Waals surface area contributed by atoms with Gasteiger partial charge < -0.3 is 15.7 Å². The Kier molecular flexibility index (Phi) is 3.50. The molecule has 0 radical (unpaired) electrons. The van der Waals surface area contributed by atoms with Gasteiger partial charge in [-0.05, 0) is 25.7 Å². The van der Waals surface area contributed by atoms with E-state index >= 15 is 0 Å². The molecular formula is C12H22N2O2. The van der Waals surface area contributed by atoms with Gasteiger partial charge in [0.15, 0.2) is 0 Å². The summed E-state index contributed by atoms with van der Waals surface area (Å²) in [4.78, 5) is 14.1. The molecule has 0 unspecified atom stereocenters. The molecule has 1 aliphatic heterocycles. The SMILES string of the molecule is NC1(C(=O)N2CCC(O)CC2)CCCCC1. The molecule has 16 heavy (non-hydrogen) atoms. The Balaban J connectivity index is 1.95. The van der Waals surface area contributed by atoms with Crippen molar-refractivity contribution in [3.8, 4) is 0 Å². The van der Waals surface area contributed by atoms with Gasteiger partial charge in [-0.25, -0.2) is 0 Å². The molecule has 2 fully saturated rings. The first-order valence-electron chi connectivity index (χ1n) is 6.38. The van der Waals surface area contributed by atoms with Crippen molar-refractivity contribution in [2.45, 2.75) is 56.6 Å². The molecule has 0 spiro atoms. The Morgan fingerprint density at radius 3 is 2.31 bits per heavy atom. The van der Waals surface area contributed by atoms with E-state index in [9.17, 15) is 9.90 Å². The van der Waals surface area contributed by atoms with Gasteiger partial charge in [0, 0.05) is 13.1 Å². The quantitative estimate of drug-likeness (QED) is 0.689. The standard InChI is InChI=1S/C12H22N2O2/c13-12(6-2-1-3-7-12)11(16)14-8-4-10(15)5-9-14/h10,15H,1-9,13H2. The van der Waals surface area contributed by atoms with Crippen LogP contribution in [0.5, 0.6) is 0 Å². The Morgan fingerprint density at radius 1 is 1.19 bits per heavy atom. The number of carbonyl (C=O) groups is 1. The van der Waals surface area contributed by atoms with Crippen LogP contribution in [0.15, 0.2) is 0 Å². The molecule has 1 saturated heterocycles. The molecule has 3 N–H and O–H groups in total. The number of piperidine rings is 1. The monoisotopic (exact) mass is 226 g/mol. The van der Waals surface area contributed by atoms with Gasteiger partial charge in [0.1, 0.15) is 0 Å². The first kappa shape index (κ1) is 11.9. The normalized spacial score (nSPS) is 26.8. The molecule has 0 bridgehead atoms. The highest BCUT2D eigenvalue weighted by molar-refractivity contribution is 5.86. The summed E-state index contributed by atoms with van der Waals surface area (Å²) in [5, 5.41) is 9.41. The van der Waals surface area contributed by atoms with E-state index in [2.05, 4.69) is 0 Å². The van der Waals surface area contributed by atoms with E-state index in [1.165, 1.54) is 6.42 Å². The summed E-state index contributed by atoms with van der Waals surface area (Å²) in [6.07, 6.45) is 6.14. The minimum Gasteiger partial charge on any atom is -0.393 e. The van der Waals surface area contributed by atoms with Crippen LogP contribution in [0.25, 0.3) is 0 Å². The fourth-order valence-corrected chi connectivity index (χ4v) is 2.78.